The number of ether oxygens (including phenoxy) is 1. The highest BCUT2D eigenvalue weighted by Crippen LogP contribution is 2.14. The second-order valence-electron chi connectivity index (χ2n) is 4.81. The van der Waals surface area contributed by atoms with Gasteiger partial charge >= 0.3 is 0 Å². The van der Waals surface area contributed by atoms with Crippen LogP contribution in [-0.2, 0) is 4.74 Å². The Morgan fingerprint density at radius 1 is 1.32 bits per heavy atom. The first kappa shape index (κ1) is 14.1. The van der Waals surface area contributed by atoms with E-state index in [0.29, 0.717) is 19.3 Å². The summed E-state index contributed by atoms with van der Waals surface area (Å²) in [6.07, 6.45) is 1.78. The Balaban J connectivity index is 1.97. The summed E-state index contributed by atoms with van der Waals surface area (Å²) < 4.78 is 31.1. The lowest BCUT2D eigenvalue weighted by Gasteiger charge is -2.30. The van der Waals surface area contributed by atoms with Gasteiger partial charge in [0.25, 0.3) is 0 Å². The zero-order valence-corrected chi connectivity index (χ0v) is 10.9. The van der Waals surface area contributed by atoms with Crippen molar-refractivity contribution in [1.82, 2.24) is 4.90 Å². The van der Waals surface area contributed by atoms with Gasteiger partial charge in [-0.25, -0.2) is 8.78 Å². The summed E-state index contributed by atoms with van der Waals surface area (Å²) in [7, 11) is 1.87. The molecular formula is C14H17F2NO2. The fourth-order valence-corrected chi connectivity index (χ4v) is 2.24. The standard InChI is InChI=1S/C14H17F2NO2/c1-17(11-4-6-19-7-5-11)9-14(18)10-2-3-12(15)13(16)8-10/h2-3,8,11H,4-7,9H2,1H3. The number of ketones is 1. The number of nitrogens with zero attached hydrogens (tertiary/aromatic N) is 1. The lowest BCUT2D eigenvalue weighted by molar-refractivity contribution is 0.0418. The molecule has 1 aliphatic rings. The topological polar surface area (TPSA) is 29.5 Å². The Hall–Kier alpha value is -1.33. The van der Waals surface area contributed by atoms with Gasteiger partial charge in [-0.3, -0.25) is 9.69 Å². The highest BCUT2D eigenvalue weighted by atomic mass is 19.2. The highest BCUT2D eigenvalue weighted by molar-refractivity contribution is 5.97. The molecule has 19 heavy (non-hydrogen) atoms. The second kappa shape index (κ2) is 6.21. The van der Waals surface area contributed by atoms with Crippen molar-refractivity contribution in [2.45, 2.75) is 18.9 Å². The van der Waals surface area contributed by atoms with Crippen LogP contribution in [0.3, 0.4) is 0 Å². The van der Waals surface area contributed by atoms with E-state index in [4.69, 9.17) is 4.74 Å². The second-order valence-corrected chi connectivity index (χ2v) is 4.81. The van der Waals surface area contributed by atoms with Gasteiger partial charge in [0.1, 0.15) is 0 Å². The number of Topliss-reactive ketones (excluding diaryl/α,β-unsaturated/α-hetero) is 1. The SMILES string of the molecule is CN(CC(=O)c1ccc(F)c(F)c1)C1CCOCC1. The summed E-state index contributed by atoms with van der Waals surface area (Å²) in [6.45, 7) is 1.61. The van der Waals surface area contributed by atoms with E-state index in [-0.39, 0.29) is 17.9 Å². The molecule has 0 unspecified atom stereocenters. The summed E-state index contributed by atoms with van der Waals surface area (Å²) in [4.78, 5) is 13.9. The van der Waals surface area contributed by atoms with Gasteiger partial charge in [0.15, 0.2) is 17.4 Å². The van der Waals surface area contributed by atoms with Crippen molar-refractivity contribution < 1.29 is 18.3 Å². The van der Waals surface area contributed by atoms with Crippen LogP contribution in [0.2, 0.25) is 0 Å². The van der Waals surface area contributed by atoms with Crippen LogP contribution in [0.5, 0.6) is 0 Å². The lowest BCUT2D eigenvalue weighted by Crippen LogP contribution is -2.39. The van der Waals surface area contributed by atoms with E-state index in [0.717, 1.165) is 25.0 Å². The van der Waals surface area contributed by atoms with Crippen LogP contribution >= 0.6 is 0 Å². The molecule has 0 atom stereocenters. The minimum absolute atomic E-state index is 0.201. The third-order valence-corrected chi connectivity index (χ3v) is 3.45. The molecule has 5 heteroatoms. The van der Waals surface area contributed by atoms with Crippen LogP contribution in [0.15, 0.2) is 18.2 Å². The van der Waals surface area contributed by atoms with Crippen molar-refractivity contribution in [3.63, 3.8) is 0 Å². The van der Waals surface area contributed by atoms with Crippen LogP contribution in [0.25, 0.3) is 0 Å². The van der Waals surface area contributed by atoms with E-state index >= 15 is 0 Å². The molecule has 1 fully saturated rings. The van der Waals surface area contributed by atoms with Gasteiger partial charge in [0.2, 0.25) is 0 Å². The molecule has 1 aromatic carbocycles. The minimum Gasteiger partial charge on any atom is -0.381 e. The molecule has 104 valence electrons. The Morgan fingerprint density at radius 3 is 2.63 bits per heavy atom. The summed E-state index contributed by atoms with van der Waals surface area (Å²) in [5.41, 5.74) is 0.206. The zero-order chi connectivity index (χ0) is 13.8. The van der Waals surface area contributed by atoms with Crippen LogP contribution in [-0.4, -0.2) is 43.5 Å². The monoisotopic (exact) mass is 269 g/mol. The van der Waals surface area contributed by atoms with Gasteiger partial charge in [0, 0.05) is 24.8 Å². The van der Waals surface area contributed by atoms with Gasteiger partial charge in [-0.15, -0.1) is 0 Å². The van der Waals surface area contributed by atoms with E-state index in [1.165, 1.54) is 6.07 Å². The first-order chi connectivity index (χ1) is 9.08. The summed E-state index contributed by atoms with van der Waals surface area (Å²) in [5.74, 6) is -2.12. The van der Waals surface area contributed by atoms with Gasteiger partial charge in [-0.05, 0) is 38.1 Å². The summed E-state index contributed by atoms with van der Waals surface area (Å²) in [6, 6.07) is 3.56. The molecule has 1 aliphatic heterocycles. The van der Waals surface area contributed by atoms with Crippen LogP contribution in [0.4, 0.5) is 8.78 Å². The first-order valence-corrected chi connectivity index (χ1v) is 6.34. The van der Waals surface area contributed by atoms with Crippen molar-refractivity contribution in [3.05, 3.63) is 35.4 Å². The number of carbonyl (C=O) groups excluding carboxylic acids is 1. The predicted molar refractivity (Wildman–Crippen MR) is 67.2 cm³/mol. The number of carbonyl (C=O) groups is 1. The molecule has 0 bridgehead atoms. The van der Waals surface area contributed by atoms with Crippen molar-refractivity contribution in [1.29, 1.82) is 0 Å². The van der Waals surface area contributed by atoms with Crippen molar-refractivity contribution in [2.24, 2.45) is 0 Å². The first-order valence-electron chi connectivity index (χ1n) is 6.34. The molecule has 3 nitrogen and oxygen atoms in total. The third-order valence-electron chi connectivity index (χ3n) is 3.45. The average Bonchev–Trinajstić information content (AvgIpc) is 2.42. The van der Waals surface area contributed by atoms with Crippen molar-refractivity contribution >= 4 is 5.78 Å². The quantitative estimate of drug-likeness (QED) is 0.785. The summed E-state index contributed by atoms with van der Waals surface area (Å²) >= 11 is 0. The lowest BCUT2D eigenvalue weighted by atomic mass is 10.1. The van der Waals surface area contributed by atoms with Crippen LogP contribution in [0.1, 0.15) is 23.2 Å². The Bertz CT molecular complexity index is 459. The number of rotatable bonds is 4. The minimum atomic E-state index is -0.987. The smallest absolute Gasteiger partial charge is 0.176 e. The van der Waals surface area contributed by atoms with Crippen molar-refractivity contribution in [2.75, 3.05) is 26.8 Å². The normalized spacial score (nSPS) is 16.8. The molecule has 1 saturated heterocycles. The van der Waals surface area contributed by atoms with E-state index in [1.807, 2.05) is 11.9 Å². The maximum atomic E-state index is 13.1. The Morgan fingerprint density at radius 2 is 2.00 bits per heavy atom. The molecule has 0 N–H and O–H groups in total. The van der Waals surface area contributed by atoms with E-state index < -0.39 is 11.6 Å². The molecular weight excluding hydrogens is 252 g/mol. The number of likely N-dealkylation sites (N-methyl/N-ethyl adjacent to an activating group) is 1. The molecule has 0 spiro atoms. The number of hydrogen-bond donors (Lipinski definition) is 0. The maximum Gasteiger partial charge on any atom is 0.176 e. The van der Waals surface area contributed by atoms with Crippen LogP contribution in [0, 0.1) is 11.6 Å². The molecule has 0 saturated carbocycles. The fourth-order valence-electron chi connectivity index (χ4n) is 2.24. The number of halogens is 2. The van der Waals surface area contributed by atoms with Gasteiger partial charge < -0.3 is 4.74 Å². The van der Waals surface area contributed by atoms with Gasteiger partial charge in [0.05, 0.1) is 6.54 Å². The number of hydrogen-bond acceptors (Lipinski definition) is 3. The maximum absolute atomic E-state index is 13.1. The zero-order valence-electron chi connectivity index (χ0n) is 10.9. The molecule has 1 aromatic rings. The predicted octanol–water partition coefficient (Wildman–Crippen LogP) is 2.26. The molecule has 2 rings (SSSR count). The summed E-state index contributed by atoms with van der Waals surface area (Å²) in [5, 5.41) is 0. The van der Waals surface area contributed by atoms with E-state index in [2.05, 4.69) is 0 Å². The van der Waals surface area contributed by atoms with Crippen molar-refractivity contribution in [3.8, 4) is 0 Å². The Labute approximate surface area is 111 Å². The van der Waals surface area contributed by atoms with E-state index in [9.17, 15) is 13.6 Å². The van der Waals surface area contributed by atoms with E-state index in [1.54, 1.807) is 0 Å². The highest BCUT2D eigenvalue weighted by Gasteiger charge is 2.21. The molecule has 0 aromatic heterocycles. The molecule has 0 aliphatic carbocycles. The fraction of sp³-hybridized carbons (Fsp3) is 0.500. The average molecular weight is 269 g/mol. The Kier molecular flexibility index (Phi) is 4.61. The number of benzene rings is 1. The molecule has 0 amide bonds. The van der Waals surface area contributed by atoms with Crippen LogP contribution < -0.4 is 0 Å². The van der Waals surface area contributed by atoms with Gasteiger partial charge in [-0.2, -0.15) is 0 Å². The largest absolute Gasteiger partial charge is 0.381 e. The molecule has 0 radical (unpaired) electrons. The van der Waals surface area contributed by atoms with Gasteiger partial charge in [-0.1, -0.05) is 0 Å². The third kappa shape index (κ3) is 3.58. The molecule has 1 heterocycles.